The highest BCUT2D eigenvalue weighted by Crippen LogP contribution is 2.23. The van der Waals surface area contributed by atoms with Crippen molar-refractivity contribution in [2.75, 3.05) is 0 Å². The van der Waals surface area contributed by atoms with Crippen molar-refractivity contribution in [1.29, 1.82) is 0 Å². The second kappa shape index (κ2) is 4.49. The Morgan fingerprint density at radius 2 is 2.22 bits per heavy atom. The Morgan fingerprint density at radius 1 is 1.39 bits per heavy atom. The predicted octanol–water partition coefficient (Wildman–Crippen LogP) is 2.44. The molecular weight excluding hydrogens is 233 g/mol. The zero-order valence-electron chi connectivity index (χ0n) is 10.1. The lowest BCUT2D eigenvalue weighted by atomic mass is 10.1. The lowest BCUT2D eigenvalue weighted by Crippen LogP contribution is -2.15. The van der Waals surface area contributed by atoms with E-state index < -0.39 is 0 Å². The van der Waals surface area contributed by atoms with Gasteiger partial charge in [-0.1, -0.05) is 11.6 Å². The van der Waals surface area contributed by atoms with Crippen molar-refractivity contribution in [3.05, 3.63) is 35.5 Å². The number of hydrogen-bond acceptors (Lipinski definition) is 4. The first kappa shape index (κ1) is 11.3. The smallest absolute Gasteiger partial charge is 0.250 e. The molecule has 0 saturated heterocycles. The molecule has 4 nitrogen and oxygen atoms in total. The molecule has 0 radical (unpaired) electrons. The first-order valence-electron chi connectivity index (χ1n) is 6.04. The number of nitrogens with one attached hydrogen (secondary N) is 1. The molecule has 1 aromatic heterocycles. The maximum atomic E-state index is 13.6. The van der Waals surface area contributed by atoms with Gasteiger partial charge in [-0.2, -0.15) is 0 Å². The Kier molecular flexibility index (Phi) is 2.83. The number of nitrogens with zero attached hydrogens (tertiary/aromatic N) is 2. The summed E-state index contributed by atoms with van der Waals surface area (Å²) in [5.74, 6) is 0.396. The average molecular weight is 247 g/mol. The Hall–Kier alpha value is -1.75. The molecule has 0 unspecified atom stereocenters. The molecule has 1 saturated carbocycles. The maximum Gasteiger partial charge on any atom is 0.250 e. The Labute approximate surface area is 104 Å². The predicted molar refractivity (Wildman–Crippen MR) is 64.3 cm³/mol. The number of rotatable bonds is 4. The minimum atomic E-state index is -0.342. The van der Waals surface area contributed by atoms with E-state index in [1.807, 2.05) is 6.92 Å². The molecule has 1 aliphatic carbocycles. The summed E-state index contributed by atoms with van der Waals surface area (Å²) in [4.78, 5) is 0. The highest BCUT2D eigenvalue weighted by molar-refractivity contribution is 5.54. The van der Waals surface area contributed by atoms with Gasteiger partial charge in [0.2, 0.25) is 5.89 Å². The van der Waals surface area contributed by atoms with Gasteiger partial charge >= 0.3 is 0 Å². The first-order valence-corrected chi connectivity index (χ1v) is 6.04. The number of benzene rings is 1. The molecule has 0 amide bonds. The standard InChI is InChI=1S/C13H14FN3O/c1-8-2-5-11(14)10(6-8)13-17-16-12(18-13)7-15-9-3-4-9/h2,5-6,9,15H,3-4,7H2,1H3. The number of hydrogen-bond donors (Lipinski definition) is 1. The largest absolute Gasteiger partial charge is 0.419 e. The van der Waals surface area contributed by atoms with E-state index in [1.165, 1.54) is 18.9 Å². The molecule has 5 heteroatoms. The van der Waals surface area contributed by atoms with Crippen molar-refractivity contribution in [3.63, 3.8) is 0 Å². The lowest BCUT2D eigenvalue weighted by Gasteiger charge is -1.99. The van der Waals surface area contributed by atoms with Crippen LogP contribution in [0.5, 0.6) is 0 Å². The van der Waals surface area contributed by atoms with E-state index in [1.54, 1.807) is 12.1 Å². The van der Waals surface area contributed by atoms with Crippen molar-refractivity contribution in [3.8, 4) is 11.5 Å². The van der Waals surface area contributed by atoms with Gasteiger partial charge in [0.05, 0.1) is 12.1 Å². The topological polar surface area (TPSA) is 51.0 Å². The molecule has 3 rings (SSSR count). The Bertz CT molecular complexity index is 563. The van der Waals surface area contributed by atoms with Gasteiger partial charge in [0.25, 0.3) is 5.89 Å². The van der Waals surface area contributed by atoms with Gasteiger partial charge < -0.3 is 9.73 Å². The SMILES string of the molecule is Cc1ccc(F)c(-c2nnc(CNC3CC3)o2)c1. The normalized spacial score (nSPS) is 15.0. The fourth-order valence-corrected chi connectivity index (χ4v) is 1.76. The molecule has 1 aromatic carbocycles. The molecule has 0 aliphatic heterocycles. The van der Waals surface area contributed by atoms with Crippen molar-refractivity contribution in [2.45, 2.75) is 32.4 Å². The third-order valence-electron chi connectivity index (χ3n) is 2.94. The van der Waals surface area contributed by atoms with Crippen molar-refractivity contribution in [2.24, 2.45) is 0 Å². The zero-order valence-corrected chi connectivity index (χ0v) is 10.1. The summed E-state index contributed by atoms with van der Waals surface area (Å²) in [5.41, 5.74) is 1.32. The van der Waals surface area contributed by atoms with Crippen LogP contribution in [0.2, 0.25) is 0 Å². The second-order valence-electron chi connectivity index (χ2n) is 4.64. The molecule has 0 atom stereocenters. The van der Waals surface area contributed by atoms with Crippen molar-refractivity contribution < 1.29 is 8.81 Å². The van der Waals surface area contributed by atoms with Crippen LogP contribution in [0, 0.1) is 12.7 Å². The van der Waals surface area contributed by atoms with Crippen LogP contribution in [0.1, 0.15) is 24.3 Å². The van der Waals surface area contributed by atoms with E-state index in [2.05, 4.69) is 15.5 Å². The number of aryl methyl sites for hydroxylation is 1. The second-order valence-corrected chi connectivity index (χ2v) is 4.64. The van der Waals surface area contributed by atoms with Gasteiger partial charge in [0.15, 0.2) is 0 Å². The van der Waals surface area contributed by atoms with Gasteiger partial charge in [0, 0.05) is 6.04 Å². The lowest BCUT2D eigenvalue weighted by molar-refractivity contribution is 0.474. The molecule has 94 valence electrons. The molecular formula is C13H14FN3O. The maximum absolute atomic E-state index is 13.6. The minimum Gasteiger partial charge on any atom is -0.419 e. The third kappa shape index (κ3) is 2.41. The van der Waals surface area contributed by atoms with Crippen LogP contribution in [-0.4, -0.2) is 16.2 Å². The van der Waals surface area contributed by atoms with Crippen LogP contribution in [0.25, 0.3) is 11.5 Å². The van der Waals surface area contributed by atoms with E-state index in [0.717, 1.165) is 5.56 Å². The highest BCUT2D eigenvalue weighted by atomic mass is 19.1. The van der Waals surface area contributed by atoms with Gasteiger partial charge in [0.1, 0.15) is 5.82 Å². The Balaban J connectivity index is 1.80. The van der Waals surface area contributed by atoms with E-state index in [0.29, 0.717) is 24.0 Å². The molecule has 2 aromatic rings. The summed E-state index contributed by atoms with van der Waals surface area (Å²) >= 11 is 0. The summed E-state index contributed by atoms with van der Waals surface area (Å²) in [7, 11) is 0. The fourth-order valence-electron chi connectivity index (χ4n) is 1.76. The average Bonchev–Trinajstić information content (AvgIpc) is 3.08. The first-order chi connectivity index (χ1) is 8.72. The van der Waals surface area contributed by atoms with E-state index in [-0.39, 0.29) is 11.7 Å². The molecule has 1 aliphatic rings. The molecule has 18 heavy (non-hydrogen) atoms. The van der Waals surface area contributed by atoms with E-state index >= 15 is 0 Å². The Morgan fingerprint density at radius 3 is 3.00 bits per heavy atom. The summed E-state index contributed by atoms with van der Waals surface area (Å²) in [6.07, 6.45) is 2.40. The van der Waals surface area contributed by atoms with Gasteiger partial charge in [-0.05, 0) is 31.9 Å². The van der Waals surface area contributed by atoms with Gasteiger partial charge in [-0.25, -0.2) is 4.39 Å². The quantitative estimate of drug-likeness (QED) is 0.901. The van der Waals surface area contributed by atoms with Crippen molar-refractivity contribution >= 4 is 0 Å². The zero-order chi connectivity index (χ0) is 12.5. The number of halogens is 1. The van der Waals surface area contributed by atoms with Crippen LogP contribution in [0.4, 0.5) is 4.39 Å². The van der Waals surface area contributed by atoms with Crippen LogP contribution < -0.4 is 5.32 Å². The van der Waals surface area contributed by atoms with Crippen LogP contribution in [-0.2, 0) is 6.54 Å². The molecule has 1 N–H and O–H groups in total. The van der Waals surface area contributed by atoms with E-state index in [9.17, 15) is 4.39 Å². The van der Waals surface area contributed by atoms with Crippen molar-refractivity contribution in [1.82, 2.24) is 15.5 Å². The van der Waals surface area contributed by atoms with Crippen LogP contribution in [0.15, 0.2) is 22.6 Å². The summed E-state index contributed by atoms with van der Waals surface area (Å²) in [6, 6.07) is 5.42. The fraction of sp³-hybridized carbons (Fsp3) is 0.385. The summed E-state index contributed by atoms with van der Waals surface area (Å²) in [5, 5.41) is 11.1. The van der Waals surface area contributed by atoms with Crippen LogP contribution >= 0.6 is 0 Å². The molecule has 1 heterocycles. The summed E-state index contributed by atoms with van der Waals surface area (Å²) < 4.78 is 19.1. The van der Waals surface area contributed by atoms with Crippen LogP contribution in [0.3, 0.4) is 0 Å². The number of aromatic nitrogens is 2. The third-order valence-corrected chi connectivity index (χ3v) is 2.94. The van der Waals surface area contributed by atoms with Gasteiger partial charge in [-0.3, -0.25) is 0 Å². The minimum absolute atomic E-state index is 0.240. The summed E-state index contributed by atoms with van der Waals surface area (Å²) in [6.45, 7) is 2.44. The van der Waals surface area contributed by atoms with Gasteiger partial charge in [-0.15, -0.1) is 10.2 Å². The molecule has 1 fully saturated rings. The molecule has 0 bridgehead atoms. The molecule has 0 spiro atoms. The highest BCUT2D eigenvalue weighted by Gasteiger charge is 2.21. The monoisotopic (exact) mass is 247 g/mol. The van der Waals surface area contributed by atoms with E-state index in [4.69, 9.17) is 4.42 Å².